The molecule has 2 saturated heterocycles. The van der Waals surface area contributed by atoms with E-state index in [0.29, 0.717) is 6.04 Å². The number of rotatable bonds is 2. The first-order valence-corrected chi connectivity index (χ1v) is 6.74. The van der Waals surface area contributed by atoms with Gasteiger partial charge in [0.25, 0.3) is 0 Å². The minimum absolute atomic E-state index is 0.636. The number of anilines is 1. The Morgan fingerprint density at radius 3 is 3.18 bits per heavy atom. The first-order valence-electron chi connectivity index (χ1n) is 6.74. The van der Waals surface area contributed by atoms with Crippen LogP contribution in [0.15, 0.2) is 18.5 Å². The van der Waals surface area contributed by atoms with Crippen LogP contribution in [0.5, 0.6) is 0 Å². The van der Waals surface area contributed by atoms with Crippen molar-refractivity contribution in [2.45, 2.75) is 44.7 Å². The second-order valence-electron chi connectivity index (χ2n) is 5.39. The summed E-state index contributed by atoms with van der Waals surface area (Å²) >= 11 is 0. The highest BCUT2D eigenvalue weighted by Gasteiger charge is 2.31. The maximum absolute atomic E-state index is 4.20. The molecule has 0 amide bonds. The van der Waals surface area contributed by atoms with E-state index in [1.54, 1.807) is 0 Å². The van der Waals surface area contributed by atoms with E-state index in [1.807, 2.05) is 12.4 Å². The molecule has 2 fully saturated rings. The molecule has 2 aliphatic heterocycles. The zero-order valence-electron chi connectivity index (χ0n) is 10.5. The van der Waals surface area contributed by atoms with Gasteiger partial charge in [-0.1, -0.05) is 0 Å². The number of nitrogens with zero attached hydrogens (tertiary/aromatic N) is 2. The van der Waals surface area contributed by atoms with Crippen LogP contribution in [-0.4, -0.2) is 35.1 Å². The summed E-state index contributed by atoms with van der Waals surface area (Å²) in [6.07, 6.45) is 9.17. The lowest BCUT2D eigenvalue weighted by atomic mass is 9.97. The molecule has 1 aromatic heterocycles. The second-order valence-corrected chi connectivity index (χ2v) is 5.39. The van der Waals surface area contributed by atoms with Crippen molar-refractivity contribution in [1.29, 1.82) is 0 Å². The molecule has 1 N–H and O–H groups in total. The minimum Gasteiger partial charge on any atom is -0.381 e. The van der Waals surface area contributed by atoms with Gasteiger partial charge in [0, 0.05) is 24.8 Å². The van der Waals surface area contributed by atoms with Crippen LogP contribution in [0.2, 0.25) is 0 Å². The highest BCUT2D eigenvalue weighted by molar-refractivity contribution is 5.48. The number of fused-ring (bicyclic) bond motifs is 1. The van der Waals surface area contributed by atoms with Gasteiger partial charge >= 0.3 is 0 Å². The average Bonchev–Trinajstić information content (AvgIpc) is 2.79. The predicted molar refractivity (Wildman–Crippen MR) is 70.2 cm³/mol. The van der Waals surface area contributed by atoms with E-state index in [0.717, 1.165) is 6.04 Å². The molecular weight excluding hydrogens is 210 g/mol. The molecule has 0 bridgehead atoms. The van der Waals surface area contributed by atoms with Gasteiger partial charge < -0.3 is 10.2 Å². The third-order valence-electron chi connectivity index (χ3n) is 4.22. The number of piperidine rings is 1. The molecule has 3 heterocycles. The summed E-state index contributed by atoms with van der Waals surface area (Å²) < 4.78 is 0. The Kier molecular flexibility index (Phi) is 3.02. The Bertz CT molecular complexity index is 391. The molecule has 2 aliphatic rings. The largest absolute Gasteiger partial charge is 0.381 e. The van der Waals surface area contributed by atoms with Crippen molar-refractivity contribution in [2.24, 2.45) is 0 Å². The molecule has 1 aromatic rings. The SMILES string of the molecule is Cc1ccncc1NC1CCN2CCCC2C1. The minimum atomic E-state index is 0.636. The number of pyridine rings is 1. The summed E-state index contributed by atoms with van der Waals surface area (Å²) in [6.45, 7) is 4.74. The van der Waals surface area contributed by atoms with Crippen molar-refractivity contribution in [3.05, 3.63) is 24.0 Å². The average molecular weight is 231 g/mol. The number of nitrogens with one attached hydrogen (secondary N) is 1. The van der Waals surface area contributed by atoms with E-state index >= 15 is 0 Å². The lowest BCUT2D eigenvalue weighted by Crippen LogP contribution is -2.42. The third-order valence-corrected chi connectivity index (χ3v) is 4.22. The number of aromatic nitrogens is 1. The van der Waals surface area contributed by atoms with Crippen molar-refractivity contribution in [1.82, 2.24) is 9.88 Å². The molecule has 3 rings (SSSR count). The van der Waals surface area contributed by atoms with Gasteiger partial charge in [-0.25, -0.2) is 0 Å². The van der Waals surface area contributed by atoms with Gasteiger partial charge in [0.05, 0.1) is 11.9 Å². The van der Waals surface area contributed by atoms with Gasteiger partial charge in [-0.2, -0.15) is 0 Å². The topological polar surface area (TPSA) is 28.2 Å². The van der Waals surface area contributed by atoms with Gasteiger partial charge in [0.2, 0.25) is 0 Å². The van der Waals surface area contributed by atoms with E-state index in [1.165, 1.54) is 50.0 Å². The van der Waals surface area contributed by atoms with Gasteiger partial charge in [-0.05, 0) is 50.8 Å². The molecule has 2 atom stereocenters. The van der Waals surface area contributed by atoms with E-state index < -0.39 is 0 Å². The summed E-state index contributed by atoms with van der Waals surface area (Å²) in [5.41, 5.74) is 2.51. The summed E-state index contributed by atoms with van der Waals surface area (Å²) in [7, 11) is 0. The van der Waals surface area contributed by atoms with E-state index in [2.05, 4.69) is 28.2 Å². The number of aryl methyl sites for hydroxylation is 1. The van der Waals surface area contributed by atoms with Crippen LogP contribution in [0.25, 0.3) is 0 Å². The quantitative estimate of drug-likeness (QED) is 0.847. The lowest BCUT2D eigenvalue weighted by Gasteiger charge is -2.35. The Hall–Kier alpha value is -1.09. The first-order chi connectivity index (χ1) is 8.33. The third kappa shape index (κ3) is 2.29. The van der Waals surface area contributed by atoms with Crippen LogP contribution in [-0.2, 0) is 0 Å². The fraction of sp³-hybridized carbons (Fsp3) is 0.643. The first kappa shape index (κ1) is 11.0. The lowest BCUT2D eigenvalue weighted by molar-refractivity contribution is 0.188. The summed E-state index contributed by atoms with van der Waals surface area (Å²) in [5.74, 6) is 0. The highest BCUT2D eigenvalue weighted by Crippen LogP contribution is 2.28. The Morgan fingerprint density at radius 2 is 2.29 bits per heavy atom. The van der Waals surface area contributed by atoms with Crippen LogP contribution in [0.3, 0.4) is 0 Å². The summed E-state index contributed by atoms with van der Waals surface area (Å²) in [6, 6.07) is 3.54. The number of hydrogen-bond donors (Lipinski definition) is 1. The smallest absolute Gasteiger partial charge is 0.0558 e. The standard InChI is InChI=1S/C14H21N3/c1-11-4-6-15-10-14(11)16-12-5-8-17-7-2-3-13(17)9-12/h4,6,10,12-13,16H,2-3,5,7-9H2,1H3. The van der Waals surface area contributed by atoms with Gasteiger partial charge in [0.15, 0.2) is 0 Å². The molecule has 3 heteroatoms. The fourth-order valence-corrected chi connectivity index (χ4v) is 3.19. The van der Waals surface area contributed by atoms with Crippen LogP contribution in [0.1, 0.15) is 31.2 Å². The van der Waals surface area contributed by atoms with E-state index in [4.69, 9.17) is 0 Å². The molecule has 0 saturated carbocycles. The molecule has 0 spiro atoms. The Labute approximate surface area is 103 Å². The fourth-order valence-electron chi connectivity index (χ4n) is 3.19. The monoisotopic (exact) mass is 231 g/mol. The van der Waals surface area contributed by atoms with Crippen LogP contribution in [0.4, 0.5) is 5.69 Å². The molecule has 17 heavy (non-hydrogen) atoms. The molecule has 2 unspecified atom stereocenters. The van der Waals surface area contributed by atoms with Crippen LogP contribution >= 0.6 is 0 Å². The Balaban J connectivity index is 1.64. The highest BCUT2D eigenvalue weighted by atomic mass is 15.2. The molecule has 0 radical (unpaired) electrons. The van der Waals surface area contributed by atoms with Crippen LogP contribution in [0, 0.1) is 6.92 Å². The zero-order valence-corrected chi connectivity index (χ0v) is 10.5. The normalized spacial score (nSPS) is 29.0. The van der Waals surface area contributed by atoms with Crippen LogP contribution < -0.4 is 5.32 Å². The van der Waals surface area contributed by atoms with E-state index in [-0.39, 0.29) is 0 Å². The van der Waals surface area contributed by atoms with Gasteiger partial charge in [0.1, 0.15) is 0 Å². The van der Waals surface area contributed by atoms with Crippen molar-refractivity contribution in [2.75, 3.05) is 18.4 Å². The predicted octanol–water partition coefficient (Wildman–Crippen LogP) is 2.43. The van der Waals surface area contributed by atoms with Crippen molar-refractivity contribution in [3.63, 3.8) is 0 Å². The van der Waals surface area contributed by atoms with Gasteiger partial charge in [-0.15, -0.1) is 0 Å². The summed E-state index contributed by atoms with van der Waals surface area (Å²) in [5, 5.41) is 3.67. The molecular formula is C14H21N3. The number of hydrogen-bond acceptors (Lipinski definition) is 3. The molecule has 3 nitrogen and oxygen atoms in total. The molecule has 0 aliphatic carbocycles. The van der Waals surface area contributed by atoms with E-state index in [9.17, 15) is 0 Å². The summed E-state index contributed by atoms with van der Waals surface area (Å²) in [4.78, 5) is 6.87. The van der Waals surface area contributed by atoms with Crippen molar-refractivity contribution in [3.8, 4) is 0 Å². The van der Waals surface area contributed by atoms with Crippen molar-refractivity contribution >= 4 is 5.69 Å². The maximum Gasteiger partial charge on any atom is 0.0558 e. The molecule has 92 valence electrons. The molecule has 0 aromatic carbocycles. The zero-order chi connectivity index (χ0) is 11.7. The van der Waals surface area contributed by atoms with Crippen molar-refractivity contribution < 1.29 is 0 Å². The maximum atomic E-state index is 4.20. The second kappa shape index (κ2) is 4.65. The Morgan fingerprint density at radius 1 is 1.35 bits per heavy atom. The van der Waals surface area contributed by atoms with Gasteiger partial charge in [-0.3, -0.25) is 4.98 Å².